The number of hydrogen-bond acceptors (Lipinski definition) is 3. The van der Waals surface area contributed by atoms with Crippen LogP contribution in [0.15, 0.2) is 22.7 Å². The van der Waals surface area contributed by atoms with Crippen molar-refractivity contribution in [2.45, 2.75) is 69.8 Å². The second kappa shape index (κ2) is 6.92. The van der Waals surface area contributed by atoms with Gasteiger partial charge in [0.2, 0.25) is 0 Å². The first-order valence-electron chi connectivity index (χ1n) is 8.74. The Morgan fingerprint density at radius 2 is 1.96 bits per heavy atom. The molecule has 2 aliphatic rings. The fraction of sp³-hybridized carbons (Fsp3) is 0.684. The molecule has 3 rings (SSSR count). The molecule has 1 spiro atoms. The molecule has 1 aromatic rings. The van der Waals surface area contributed by atoms with Crippen LogP contribution in [0.4, 0.5) is 0 Å². The number of hydrogen-bond donors (Lipinski definition) is 1. The molecule has 3 nitrogen and oxygen atoms in total. The lowest BCUT2D eigenvalue weighted by Crippen LogP contribution is -2.47. The SMILES string of the molecule is CO[C@H]1CC[C@]2(CC1)Cc1ccc(Br)cc1C2N[S+]([O-])C(C)(C)C. The molecule has 5 heteroatoms. The quantitative estimate of drug-likeness (QED) is 0.731. The van der Waals surface area contributed by atoms with Crippen LogP contribution in [-0.2, 0) is 22.5 Å². The number of rotatable bonds is 3. The van der Waals surface area contributed by atoms with Crippen molar-refractivity contribution in [2.75, 3.05) is 7.11 Å². The highest BCUT2D eigenvalue weighted by Gasteiger charge is 2.50. The van der Waals surface area contributed by atoms with Gasteiger partial charge in [0.05, 0.1) is 12.1 Å². The van der Waals surface area contributed by atoms with Gasteiger partial charge in [-0.25, -0.2) is 0 Å². The van der Waals surface area contributed by atoms with Crippen LogP contribution in [0.2, 0.25) is 0 Å². The van der Waals surface area contributed by atoms with Crippen LogP contribution in [0.3, 0.4) is 0 Å². The Balaban J connectivity index is 1.91. The van der Waals surface area contributed by atoms with E-state index < -0.39 is 11.4 Å². The van der Waals surface area contributed by atoms with E-state index in [-0.39, 0.29) is 16.2 Å². The highest BCUT2D eigenvalue weighted by atomic mass is 79.9. The van der Waals surface area contributed by atoms with E-state index in [9.17, 15) is 4.55 Å². The highest BCUT2D eigenvalue weighted by molar-refractivity contribution is 9.10. The second-order valence-electron chi connectivity index (χ2n) is 8.25. The number of benzene rings is 1. The molecular formula is C19H28BrNO2S. The highest BCUT2D eigenvalue weighted by Crippen LogP contribution is 2.55. The molecule has 134 valence electrons. The van der Waals surface area contributed by atoms with Crippen LogP contribution in [0.25, 0.3) is 0 Å². The minimum absolute atomic E-state index is 0.155. The molecule has 1 N–H and O–H groups in total. The lowest BCUT2D eigenvalue weighted by Gasteiger charge is -2.42. The minimum Gasteiger partial charge on any atom is -0.598 e. The van der Waals surface area contributed by atoms with Gasteiger partial charge in [-0.2, -0.15) is 0 Å². The van der Waals surface area contributed by atoms with Crippen molar-refractivity contribution < 1.29 is 9.29 Å². The van der Waals surface area contributed by atoms with E-state index in [2.05, 4.69) is 38.9 Å². The van der Waals surface area contributed by atoms with E-state index in [1.807, 2.05) is 27.9 Å². The van der Waals surface area contributed by atoms with Crippen LogP contribution in [0.5, 0.6) is 0 Å². The van der Waals surface area contributed by atoms with Gasteiger partial charge in [0.15, 0.2) is 0 Å². The summed E-state index contributed by atoms with van der Waals surface area (Å²) in [6.45, 7) is 6.09. The molecule has 0 heterocycles. The maximum atomic E-state index is 12.8. The summed E-state index contributed by atoms with van der Waals surface area (Å²) in [5.74, 6) is 0. The van der Waals surface area contributed by atoms with Crippen LogP contribution < -0.4 is 4.72 Å². The predicted molar refractivity (Wildman–Crippen MR) is 103 cm³/mol. The maximum absolute atomic E-state index is 12.8. The number of fused-ring (bicyclic) bond motifs is 1. The Morgan fingerprint density at radius 3 is 2.54 bits per heavy atom. The summed E-state index contributed by atoms with van der Waals surface area (Å²) in [7, 11) is 1.81. The Morgan fingerprint density at radius 1 is 1.29 bits per heavy atom. The molecule has 24 heavy (non-hydrogen) atoms. The van der Waals surface area contributed by atoms with Crippen molar-refractivity contribution >= 4 is 27.3 Å². The fourth-order valence-corrected chi connectivity index (χ4v) is 5.47. The van der Waals surface area contributed by atoms with Gasteiger partial charge < -0.3 is 9.29 Å². The zero-order chi connectivity index (χ0) is 17.5. The summed E-state index contributed by atoms with van der Waals surface area (Å²) in [6, 6.07) is 6.72. The summed E-state index contributed by atoms with van der Waals surface area (Å²) in [5, 5.41) is 0. The number of methoxy groups -OCH3 is 1. The molecular weight excluding hydrogens is 386 g/mol. The second-order valence-corrected chi connectivity index (χ2v) is 11.2. The van der Waals surface area contributed by atoms with Crippen LogP contribution in [0.1, 0.15) is 63.6 Å². The lowest BCUT2D eigenvalue weighted by atomic mass is 9.69. The van der Waals surface area contributed by atoms with Gasteiger partial charge >= 0.3 is 0 Å². The topological polar surface area (TPSA) is 44.3 Å². The van der Waals surface area contributed by atoms with Crippen LogP contribution in [-0.4, -0.2) is 22.5 Å². The Kier molecular flexibility index (Phi) is 5.39. The van der Waals surface area contributed by atoms with Crippen molar-refractivity contribution in [1.82, 2.24) is 4.72 Å². The van der Waals surface area contributed by atoms with Gasteiger partial charge in [-0.05, 0) is 81.5 Å². The maximum Gasteiger partial charge on any atom is 0.136 e. The van der Waals surface area contributed by atoms with E-state index in [1.165, 1.54) is 11.1 Å². The lowest BCUT2D eigenvalue weighted by molar-refractivity contribution is 0.0186. The summed E-state index contributed by atoms with van der Waals surface area (Å²) in [4.78, 5) is 0. The van der Waals surface area contributed by atoms with Crippen LogP contribution in [0, 0.1) is 5.41 Å². The van der Waals surface area contributed by atoms with Crippen LogP contribution >= 0.6 is 15.9 Å². The Labute approximate surface area is 157 Å². The molecule has 1 fully saturated rings. The van der Waals surface area contributed by atoms with Gasteiger partial charge in [0.1, 0.15) is 4.75 Å². The third-order valence-corrected chi connectivity index (χ3v) is 7.67. The molecule has 2 unspecified atom stereocenters. The minimum atomic E-state index is -1.08. The molecule has 2 atom stereocenters. The third kappa shape index (κ3) is 3.56. The molecule has 2 aliphatic carbocycles. The van der Waals surface area contributed by atoms with Gasteiger partial charge in [-0.1, -0.05) is 22.0 Å². The largest absolute Gasteiger partial charge is 0.598 e. The molecule has 0 bridgehead atoms. The third-order valence-electron chi connectivity index (χ3n) is 5.62. The molecule has 0 saturated heterocycles. The van der Waals surface area contributed by atoms with Crippen molar-refractivity contribution in [2.24, 2.45) is 5.41 Å². The summed E-state index contributed by atoms with van der Waals surface area (Å²) in [5.41, 5.74) is 2.88. The Bertz CT molecular complexity index is 594. The molecule has 1 saturated carbocycles. The van der Waals surface area contributed by atoms with Crippen molar-refractivity contribution in [1.29, 1.82) is 0 Å². The zero-order valence-corrected chi connectivity index (χ0v) is 17.4. The van der Waals surface area contributed by atoms with E-state index in [0.717, 1.165) is 36.6 Å². The normalized spacial score (nSPS) is 31.2. The smallest absolute Gasteiger partial charge is 0.136 e. The van der Waals surface area contributed by atoms with Crippen molar-refractivity contribution in [3.05, 3.63) is 33.8 Å². The monoisotopic (exact) mass is 413 g/mol. The van der Waals surface area contributed by atoms with Crippen molar-refractivity contribution in [3.8, 4) is 0 Å². The number of nitrogens with one attached hydrogen (secondary N) is 1. The van der Waals surface area contributed by atoms with Gasteiger partial charge in [0.25, 0.3) is 0 Å². The average Bonchev–Trinajstić information content (AvgIpc) is 2.81. The molecule has 1 aromatic carbocycles. The van der Waals surface area contributed by atoms with Gasteiger partial charge in [-0.3, -0.25) is 0 Å². The van der Waals surface area contributed by atoms with Gasteiger partial charge in [-0.15, -0.1) is 4.72 Å². The molecule has 0 amide bonds. The van der Waals surface area contributed by atoms with Gasteiger partial charge in [0, 0.05) is 22.9 Å². The summed E-state index contributed by atoms with van der Waals surface area (Å²) < 4.78 is 22.7. The standard InChI is InChI=1S/C19H28BrNO2S/c1-18(2,3)24(22)21-17-16-11-14(20)6-5-13(16)12-19(17)9-7-15(23-4)8-10-19/h5-6,11,15,17,21H,7-10,12H2,1-4H3/t15-,17?,19-,24?. The summed E-state index contributed by atoms with van der Waals surface area (Å²) in [6.07, 6.45) is 5.87. The first kappa shape index (κ1) is 18.7. The first-order valence-corrected chi connectivity index (χ1v) is 10.7. The van der Waals surface area contributed by atoms with E-state index in [1.54, 1.807) is 0 Å². The van der Waals surface area contributed by atoms with E-state index in [4.69, 9.17) is 4.74 Å². The summed E-state index contributed by atoms with van der Waals surface area (Å²) >= 11 is 2.53. The number of ether oxygens (including phenoxy) is 1. The molecule has 0 aromatic heterocycles. The Hall–Kier alpha value is -0.0700. The van der Waals surface area contributed by atoms with Crippen molar-refractivity contribution in [3.63, 3.8) is 0 Å². The molecule has 0 radical (unpaired) electrons. The first-order chi connectivity index (χ1) is 11.2. The van der Waals surface area contributed by atoms with E-state index in [0.29, 0.717) is 6.10 Å². The number of halogens is 1. The predicted octanol–water partition coefficient (Wildman–Crippen LogP) is 4.67. The zero-order valence-electron chi connectivity index (χ0n) is 15.0. The fourth-order valence-electron chi connectivity index (χ4n) is 4.15. The molecule has 0 aliphatic heterocycles. The average molecular weight is 414 g/mol. The van der Waals surface area contributed by atoms with E-state index >= 15 is 0 Å².